The lowest BCUT2D eigenvalue weighted by Crippen LogP contribution is -2.21. The van der Waals surface area contributed by atoms with E-state index in [2.05, 4.69) is 25.1 Å². The van der Waals surface area contributed by atoms with Crippen molar-refractivity contribution in [3.05, 3.63) is 70.3 Å². The molecule has 0 saturated carbocycles. The van der Waals surface area contributed by atoms with Crippen molar-refractivity contribution in [1.82, 2.24) is 29.7 Å². The monoisotopic (exact) mass is 511 g/mol. The zero-order valence-corrected chi connectivity index (χ0v) is 18.4. The van der Waals surface area contributed by atoms with E-state index in [0.717, 1.165) is 22.2 Å². The highest BCUT2D eigenvalue weighted by Gasteiger charge is 2.38. The molecule has 0 aromatic carbocycles. The lowest BCUT2D eigenvalue weighted by Gasteiger charge is -2.10. The zero-order valence-electron chi connectivity index (χ0n) is 18.4. The van der Waals surface area contributed by atoms with E-state index in [1.54, 1.807) is 19.3 Å². The number of pyridine rings is 2. The second-order valence-electron chi connectivity index (χ2n) is 7.33. The molecule has 4 heterocycles. The first-order valence-corrected chi connectivity index (χ1v) is 10.0. The number of nitrogens with zero attached hydrogens (tertiary/aromatic N) is 4. The predicted molar refractivity (Wildman–Crippen MR) is 117 cm³/mol. The van der Waals surface area contributed by atoms with Gasteiger partial charge in [0.15, 0.2) is 0 Å². The Bertz CT molecular complexity index is 1480. The first kappa shape index (κ1) is 26.2. The average Bonchev–Trinajstić information content (AvgIpc) is 3.42. The summed E-state index contributed by atoms with van der Waals surface area (Å²) in [5, 5.41) is 14.2. The van der Waals surface area contributed by atoms with E-state index in [0.29, 0.717) is 11.4 Å². The van der Waals surface area contributed by atoms with E-state index in [1.807, 2.05) is 24.4 Å². The number of halogens is 5. The molecule has 4 aromatic rings. The van der Waals surface area contributed by atoms with Gasteiger partial charge in [-0.25, -0.2) is 29.2 Å². The van der Waals surface area contributed by atoms with Gasteiger partial charge >= 0.3 is 17.8 Å². The van der Waals surface area contributed by atoms with Crippen LogP contribution >= 0.6 is 0 Å². The van der Waals surface area contributed by atoms with Crippen LogP contribution in [0.4, 0.5) is 22.0 Å². The fourth-order valence-electron chi connectivity index (χ4n) is 3.13. The number of fused-ring (bicyclic) bond motifs is 1. The third-order valence-corrected chi connectivity index (χ3v) is 4.87. The predicted octanol–water partition coefficient (Wildman–Crippen LogP) is 3.09. The molecule has 0 amide bonds. The molecule has 0 fully saturated rings. The van der Waals surface area contributed by atoms with Gasteiger partial charge in [-0.05, 0) is 30.7 Å². The van der Waals surface area contributed by atoms with Crippen LogP contribution in [0.3, 0.4) is 0 Å². The normalized spacial score (nSPS) is 11.2. The number of aryl methyl sites for hydroxylation is 1. The van der Waals surface area contributed by atoms with Gasteiger partial charge in [0.05, 0.1) is 0 Å². The topological polar surface area (TPSA) is 156 Å². The van der Waals surface area contributed by atoms with Gasteiger partial charge in [0.25, 0.3) is 6.08 Å². The van der Waals surface area contributed by atoms with Gasteiger partial charge in [0.1, 0.15) is 17.3 Å². The Hall–Kier alpha value is -4.40. The van der Waals surface area contributed by atoms with Crippen molar-refractivity contribution in [2.75, 3.05) is 6.54 Å². The van der Waals surface area contributed by atoms with E-state index in [4.69, 9.17) is 15.6 Å². The summed E-state index contributed by atoms with van der Waals surface area (Å²) < 4.78 is 58.9. The van der Waals surface area contributed by atoms with Crippen LogP contribution in [-0.2, 0) is 11.2 Å². The van der Waals surface area contributed by atoms with Crippen molar-refractivity contribution in [3.8, 4) is 16.9 Å². The molecule has 15 heteroatoms. The molecule has 0 spiro atoms. The van der Waals surface area contributed by atoms with Crippen LogP contribution in [0.1, 0.15) is 11.4 Å². The molecule has 0 aliphatic heterocycles. The van der Waals surface area contributed by atoms with E-state index in [1.165, 1.54) is 4.57 Å². The third kappa shape index (κ3) is 5.80. The minimum absolute atomic E-state index is 0.113. The molecular formula is C21H18F5N7O3. The second-order valence-corrected chi connectivity index (χ2v) is 7.33. The van der Waals surface area contributed by atoms with E-state index in [9.17, 15) is 26.7 Å². The van der Waals surface area contributed by atoms with Gasteiger partial charge in [0, 0.05) is 53.6 Å². The van der Waals surface area contributed by atoms with Gasteiger partial charge in [-0.1, -0.05) is 0 Å². The number of hydrogen-bond acceptors (Lipinski definition) is 6. The fourth-order valence-corrected chi connectivity index (χ4v) is 3.13. The first-order chi connectivity index (χ1) is 16.9. The summed E-state index contributed by atoms with van der Waals surface area (Å²) in [6.07, 6.45) is -2.06. The van der Waals surface area contributed by atoms with E-state index in [-0.39, 0.29) is 24.4 Å². The minimum atomic E-state index is -5.08. The number of nitrogens with two attached hydrogens (primary N) is 1. The molecule has 0 bridgehead atoms. The Morgan fingerprint density at radius 3 is 2.39 bits per heavy atom. The van der Waals surface area contributed by atoms with Gasteiger partial charge < -0.3 is 15.8 Å². The maximum atomic E-state index is 13.0. The van der Waals surface area contributed by atoms with Crippen molar-refractivity contribution in [1.29, 1.82) is 0 Å². The molecule has 0 unspecified atom stereocenters. The van der Waals surface area contributed by atoms with E-state index >= 15 is 0 Å². The number of alkyl halides is 3. The molecule has 0 aliphatic carbocycles. The summed E-state index contributed by atoms with van der Waals surface area (Å²) in [7, 11) is 0. The molecule has 5 N–H and O–H groups in total. The van der Waals surface area contributed by atoms with Gasteiger partial charge in [-0.15, -0.1) is 0 Å². The van der Waals surface area contributed by atoms with Crippen LogP contribution in [0.25, 0.3) is 28.0 Å². The number of hydrogen-bond donors (Lipinski definition) is 4. The van der Waals surface area contributed by atoms with Crippen molar-refractivity contribution in [3.63, 3.8) is 0 Å². The number of H-pyrrole nitrogens is 2. The van der Waals surface area contributed by atoms with Gasteiger partial charge in [0.2, 0.25) is 0 Å². The van der Waals surface area contributed by atoms with Crippen LogP contribution in [0.5, 0.6) is 0 Å². The molecule has 0 radical (unpaired) electrons. The van der Waals surface area contributed by atoms with Crippen LogP contribution in [0, 0.1) is 6.92 Å². The van der Waals surface area contributed by atoms with Crippen LogP contribution in [0.15, 0.2) is 53.2 Å². The number of nitrogens with one attached hydrogen (secondary N) is 2. The van der Waals surface area contributed by atoms with Crippen molar-refractivity contribution >= 4 is 17.0 Å². The lowest BCUT2D eigenvalue weighted by molar-refractivity contribution is -0.192. The molecule has 0 aliphatic rings. The summed E-state index contributed by atoms with van der Waals surface area (Å²) in [6, 6.07) is 5.76. The largest absolute Gasteiger partial charge is 0.490 e. The maximum Gasteiger partial charge on any atom is 0.490 e. The summed E-state index contributed by atoms with van der Waals surface area (Å²) in [4.78, 5) is 33.0. The van der Waals surface area contributed by atoms with Gasteiger partial charge in [-0.3, -0.25) is 0 Å². The van der Waals surface area contributed by atoms with Crippen molar-refractivity contribution in [2.24, 2.45) is 5.73 Å². The number of aromatic nitrogens is 6. The summed E-state index contributed by atoms with van der Waals surface area (Å²) in [6.45, 7) is 1.45. The van der Waals surface area contributed by atoms with Crippen molar-refractivity contribution in [2.45, 2.75) is 19.5 Å². The molecule has 4 aromatic heterocycles. The second kappa shape index (κ2) is 10.5. The van der Waals surface area contributed by atoms with Crippen LogP contribution in [-0.4, -0.2) is 53.5 Å². The number of carbonyl (C=O) groups is 1. The lowest BCUT2D eigenvalue weighted by atomic mass is 10.1. The Kier molecular flexibility index (Phi) is 7.62. The van der Waals surface area contributed by atoms with Gasteiger partial charge in [-0.2, -0.15) is 27.1 Å². The minimum Gasteiger partial charge on any atom is -0.475 e. The maximum absolute atomic E-state index is 13.0. The molecule has 190 valence electrons. The molecular weight excluding hydrogens is 493 g/mol. The highest BCUT2D eigenvalue weighted by molar-refractivity contribution is 5.81. The number of aromatic amines is 2. The number of aliphatic carboxylic acids is 1. The van der Waals surface area contributed by atoms with Crippen LogP contribution < -0.4 is 11.4 Å². The Morgan fingerprint density at radius 2 is 1.81 bits per heavy atom. The number of carboxylic acid groups (broad SMARTS) is 1. The molecule has 0 atom stereocenters. The fraction of sp³-hybridized carbons (Fsp3) is 0.190. The SMILES string of the molecule is Cc1cc(-c2cnc3[nH]ccc3c2)cnc1-n1c(CC(CN)=C(F)F)n[nH]c1=O.O=C(O)C(F)(F)F. The first-order valence-electron chi connectivity index (χ1n) is 10.0. The quantitative estimate of drug-likeness (QED) is 0.300. The smallest absolute Gasteiger partial charge is 0.475 e. The summed E-state index contributed by atoms with van der Waals surface area (Å²) in [5.74, 6) is -2.33. The Morgan fingerprint density at radius 1 is 1.17 bits per heavy atom. The number of rotatable bonds is 5. The summed E-state index contributed by atoms with van der Waals surface area (Å²) >= 11 is 0. The third-order valence-electron chi connectivity index (χ3n) is 4.87. The number of carboxylic acids is 1. The molecule has 0 saturated heterocycles. The highest BCUT2D eigenvalue weighted by Crippen LogP contribution is 2.25. The van der Waals surface area contributed by atoms with Crippen LogP contribution in [0.2, 0.25) is 0 Å². The standard InChI is InChI=1S/C19H17F2N7O.C2HF3O2/c1-10-4-13(14-5-11-2-3-23-17(11)24-8-14)9-25-18(10)28-15(26-27-19(28)29)6-12(7-22)16(20)21;3-2(4,5)1(6)7/h2-5,8-9H,6-7,22H2,1H3,(H,23,24)(H,27,29);(H,6,7). The molecule has 36 heavy (non-hydrogen) atoms. The highest BCUT2D eigenvalue weighted by atomic mass is 19.4. The molecule has 10 nitrogen and oxygen atoms in total. The summed E-state index contributed by atoms with van der Waals surface area (Å²) in [5.41, 5.74) is 7.68. The molecule has 4 rings (SSSR count). The van der Waals surface area contributed by atoms with E-state index < -0.39 is 23.9 Å². The Labute approximate surface area is 198 Å². The van der Waals surface area contributed by atoms with Crippen molar-refractivity contribution < 1.29 is 31.9 Å². The zero-order chi connectivity index (χ0) is 26.6. The Balaban J connectivity index is 0.000000454. The average molecular weight is 511 g/mol.